The van der Waals surface area contributed by atoms with Crippen molar-refractivity contribution < 1.29 is 14.3 Å². The molecule has 2 rings (SSSR count). The van der Waals surface area contributed by atoms with Gasteiger partial charge in [-0.15, -0.1) is 5.10 Å². The summed E-state index contributed by atoms with van der Waals surface area (Å²) >= 11 is 1.21. The zero-order valence-electron chi connectivity index (χ0n) is 14.5. The number of thioether (sulfide) groups is 1. The Bertz CT molecular complexity index is 705. The lowest BCUT2D eigenvalue weighted by Gasteiger charge is -2.21. The van der Waals surface area contributed by atoms with E-state index >= 15 is 0 Å². The van der Waals surface area contributed by atoms with E-state index in [4.69, 9.17) is 4.74 Å². The summed E-state index contributed by atoms with van der Waals surface area (Å²) in [5, 5.41) is 10.2. The average Bonchev–Trinajstić information content (AvgIpc) is 3.13. The standard InChI is InChI=1S/C17H22N4O3S/c1-4-11(2)14(16(23)24-3)18-13(22)10-25-17-19-15(20-21-17)12-8-6-5-7-9-12/h5-9,11,14H,4,10H2,1-3H3,(H,18,22)(H,19,20,21)/t11-,14+/m0/s1. The van der Waals surface area contributed by atoms with Gasteiger partial charge in [-0.05, 0) is 5.92 Å². The van der Waals surface area contributed by atoms with E-state index in [0.29, 0.717) is 11.0 Å². The van der Waals surface area contributed by atoms with E-state index < -0.39 is 12.0 Å². The van der Waals surface area contributed by atoms with Crippen LogP contribution in [0, 0.1) is 5.92 Å². The number of benzene rings is 1. The second-order valence-electron chi connectivity index (χ2n) is 5.58. The highest BCUT2D eigenvalue weighted by atomic mass is 32.2. The number of aromatic amines is 1. The van der Waals surface area contributed by atoms with Gasteiger partial charge in [0, 0.05) is 5.56 Å². The van der Waals surface area contributed by atoms with Gasteiger partial charge in [0.15, 0.2) is 5.82 Å². The summed E-state index contributed by atoms with van der Waals surface area (Å²) in [4.78, 5) is 28.3. The van der Waals surface area contributed by atoms with Crippen LogP contribution in [0.2, 0.25) is 0 Å². The van der Waals surface area contributed by atoms with Crippen molar-refractivity contribution in [1.29, 1.82) is 0 Å². The quantitative estimate of drug-likeness (QED) is 0.552. The Kier molecular flexibility index (Phi) is 7.00. The number of H-pyrrole nitrogens is 1. The molecule has 8 heteroatoms. The van der Waals surface area contributed by atoms with E-state index in [2.05, 4.69) is 20.5 Å². The van der Waals surface area contributed by atoms with Crippen LogP contribution < -0.4 is 5.32 Å². The molecule has 1 aromatic carbocycles. The number of nitrogens with zero attached hydrogens (tertiary/aromatic N) is 2. The molecule has 2 aromatic rings. The van der Waals surface area contributed by atoms with Crippen molar-refractivity contribution in [2.45, 2.75) is 31.5 Å². The summed E-state index contributed by atoms with van der Waals surface area (Å²) in [6.07, 6.45) is 0.758. The van der Waals surface area contributed by atoms with Gasteiger partial charge < -0.3 is 10.1 Å². The van der Waals surface area contributed by atoms with Gasteiger partial charge in [0.05, 0.1) is 12.9 Å². The fourth-order valence-corrected chi connectivity index (χ4v) is 2.79. The van der Waals surface area contributed by atoms with Crippen molar-refractivity contribution in [2.75, 3.05) is 12.9 Å². The number of rotatable bonds is 8. The van der Waals surface area contributed by atoms with Crippen molar-refractivity contribution in [1.82, 2.24) is 20.5 Å². The number of esters is 1. The highest BCUT2D eigenvalue weighted by Crippen LogP contribution is 2.19. The first kappa shape index (κ1) is 19.0. The van der Waals surface area contributed by atoms with Crippen LogP contribution in [0.1, 0.15) is 20.3 Å². The van der Waals surface area contributed by atoms with Gasteiger partial charge in [-0.1, -0.05) is 62.4 Å². The molecule has 0 aliphatic rings. The van der Waals surface area contributed by atoms with Gasteiger partial charge in [-0.2, -0.15) is 0 Å². The molecule has 134 valence electrons. The second-order valence-corrected chi connectivity index (χ2v) is 6.52. The molecule has 2 atom stereocenters. The SMILES string of the molecule is CC[C@H](C)[C@@H](NC(=O)CSc1n[nH]c(-c2ccccc2)n1)C(=O)OC. The number of hydrogen-bond donors (Lipinski definition) is 2. The number of carbonyl (C=O) groups is 2. The van der Waals surface area contributed by atoms with E-state index in [0.717, 1.165) is 12.0 Å². The third-order valence-corrected chi connectivity index (χ3v) is 4.68. The maximum absolute atomic E-state index is 12.1. The van der Waals surface area contributed by atoms with Crippen LogP contribution in [0.4, 0.5) is 0 Å². The van der Waals surface area contributed by atoms with Crippen LogP contribution in [0.25, 0.3) is 11.4 Å². The van der Waals surface area contributed by atoms with Gasteiger partial charge in [0.25, 0.3) is 0 Å². The third-order valence-electron chi connectivity index (χ3n) is 3.83. The number of carbonyl (C=O) groups excluding carboxylic acids is 2. The molecule has 0 spiro atoms. The molecule has 1 heterocycles. The van der Waals surface area contributed by atoms with E-state index in [-0.39, 0.29) is 17.6 Å². The predicted molar refractivity (Wildman–Crippen MR) is 95.9 cm³/mol. The molecule has 0 aliphatic carbocycles. The fourth-order valence-electron chi connectivity index (χ4n) is 2.18. The van der Waals surface area contributed by atoms with Gasteiger partial charge in [-0.3, -0.25) is 9.89 Å². The molecular weight excluding hydrogens is 340 g/mol. The van der Waals surface area contributed by atoms with E-state index in [1.54, 1.807) is 0 Å². The Hall–Kier alpha value is -2.35. The third kappa shape index (κ3) is 5.32. The molecular formula is C17H22N4O3S. The number of methoxy groups -OCH3 is 1. The summed E-state index contributed by atoms with van der Waals surface area (Å²) in [6, 6.07) is 8.97. The molecule has 7 nitrogen and oxygen atoms in total. The fraction of sp³-hybridized carbons (Fsp3) is 0.412. The molecule has 2 N–H and O–H groups in total. The summed E-state index contributed by atoms with van der Waals surface area (Å²) in [5.41, 5.74) is 0.925. The highest BCUT2D eigenvalue weighted by molar-refractivity contribution is 7.99. The molecule has 0 unspecified atom stereocenters. The molecule has 0 radical (unpaired) electrons. The normalized spacial score (nSPS) is 13.1. The van der Waals surface area contributed by atoms with Crippen LogP contribution in [-0.4, -0.2) is 46.0 Å². The maximum atomic E-state index is 12.1. The van der Waals surface area contributed by atoms with Crippen molar-refractivity contribution in [2.24, 2.45) is 5.92 Å². The molecule has 0 bridgehead atoms. The first-order chi connectivity index (χ1) is 12.0. The Morgan fingerprint density at radius 1 is 1.32 bits per heavy atom. The van der Waals surface area contributed by atoms with Crippen molar-refractivity contribution in [3.8, 4) is 11.4 Å². The lowest BCUT2D eigenvalue weighted by Crippen LogP contribution is -2.46. The zero-order chi connectivity index (χ0) is 18.2. The lowest BCUT2D eigenvalue weighted by atomic mass is 9.99. The van der Waals surface area contributed by atoms with Crippen LogP contribution in [0.5, 0.6) is 0 Å². The first-order valence-electron chi connectivity index (χ1n) is 8.03. The van der Waals surface area contributed by atoms with Gasteiger partial charge in [0.1, 0.15) is 6.04 Å². The summed E-state index contributed by atoms with van der Waals surface area (Å²) < 4.78 is 4.76. The van der Waals surface area contributed by atoms with Crippen molar-refractivity contribution in [3.05, 3.63) is 30.3 Å². The summed E-state index contributed by atoms with van der Waals surface area (Å²) in [7, 11) is 1.32. The Morgan fingerprint density at radius 2 is 2.04 bits per heavy atom. The number of amides is 1. The maximum Gasteiger partial charge on any atom is 0.328 e. The Labute approximate surface area is 150 Å². The topological polar surface area (TPSA) is 97.0 Å². The van der Waals surface area contributed by atoms with Crippen LogP contribution in [0.15, 0.2) is 35.5 Å². The number of aromatic nitrogens is 3. The van der Waals surface area contributed by atoms with Gasteiger partial charge in [-0.25, -0.2) is 9.78 Å². The summed E-state index contributed by atoms with van der Waals surface area (Å²) in [6.45, 7) is 3.86. The molecule has 1 aromatic heterocycles. The Balaban J connectivity index is 1.91. The molecule has 0 aliphatic heterocycles. The predicted octanol–water partition coefficient (Wildman–Crippen LogP) is 2.27. The molecule has 0 saturated carbocycles. The van der Waals surface area contributed by atoms with Gasteiger partial charge >= 0.3 is 5.97 Å². The minimum absolute atomic E-state index is 0.00501. The van der Waals surface area contributed by atoms with Gasteiger partial charge in [0.2, 0.25) is 11.1 Å². The highest BCUT2D eigenvalue weighted by Gasteiger charge is 2.26. The molecule has 0 fully saturated rings. The zero-order valence-corrected chi connectivity index (χ0v) is 15.3. The monoisotopic (exact) mass is 362 g/mol. The molecule has 0 saturated heterocycles. The molecule has 1 amide bonds. The second kappa shape index (κ2) is 9.22. The smallest absolute Gasteiger partial charge is 0.328 e. The average molecular weight is 362 g/mol. The van der Waals surface area contributed by atoms with Crippen LogP contribution >= 0.6 is 11.8 Å². The lowest BCUT2D eigenvalue weighted by molar-refractivity contribution is -0.146. The Morgan fingerprint density at radius 3 is 2.68 bits per heavy atom. The first-order valence-corrected chi connectivity index (χ1v) is 9.01. The van der Waals surface area contributed by atoms with Crippen molar-refractivity contribution in [3.63, 3.8) is 0 Å². The van der Waals surface area contributed by atoms with Crippen LogP contribution in [0.3, 0.4) is 0 Å². The largest absolute Gasteiger partial charge is 0.467 e. The van der Waals surface area contributed by atoms with Crippen LogP contribution in [-0.2, 0) is 14.3 Å². The summed E-state index contributed by atoms with van der Waals surface area (Å²) in [5.74, 6) is 0.0737. The minimum atomic E-state index is -0.643. The number of nitrogens with one attached hydrogen (secondary N) is 2. The minimum Gasteiger partial charge on any atom is -0.467 e. The molecule has 25 heavy (non-hydrogen) atoms. The van der Waals surface area contributed by atoms with Crippen molar-refractivity contribution >= 4 is 23.6 Å². The van der Waals surface area contributed by atoms with E-state index in [1.165, 1.54) is 18.9 Å². The van der Waals surface area contributed by atoms with E-state index in [9.17, 15) is 9.59 Å². The van der Waals surface area contributed by atoms with E-state index in [1.807, 2.05) is 44.2 Å². The number of ether oxygens (including phenoxy) is 1. The number of hydrogen-bond acceptors (Lipinski definition) is 6.